The third-order valence-corrected chi connectivity index (χ3v) is 9.89. The van der Waals surface area contributed by atoms with Crippen molar-refractivity contribution in [3.05, 3.63) is 47.8 Å². The van der Waals surface area contributed by atoms with Crippen molar-refractivity contribution < 1.29 is 5.11 Å². The predicted molar refractivity (Wildman–Crippen MR) is 146 cm³/mol. The number of hydrogen-bond acceptors (Lipinski definition) is 5. The average molecular weight is 487 g/mol. The van der Waals surface area contributed by atoms with Crippen LogP contribution in [0.15, 0.2) is 36.7 Å². The van der Waals surface area contributed by atoms with Crippen LogP contribution in [0.25, 0.3) is 11.4 Å². The second-order valence-electron chi connectivity index (χ2n) is 9.31. The molecule has 2 aromatic rings. The van der Waals surface area contributed by atoms with E-state index in [1.807, 2.05) is 35.9 Å². The summed E-state index contributed by atoms with van der Waals surface area (Å²) in [5, 5.41) is 10.8. The van der Waals surface area contributed by atoms with Gasteiger partial charge in [0, 0.05) is 24.4 Å². The van der Waals surface area contributed by atoms with Crippen molar-refractivity contribution >= 4 is 23.5 Å². The standard InChI is InChI=1S/C28H42N2OS2/c1-3-5-7-9-12-23-21-29-27(30-22-23)24-14-16-25(17-15-24)28(32-18-11-19-33-28)20-26(31)13-10-8-6-4-2/h14-17,21-22,26,31H,3-13,18-20H2,1-2H3/t26-/m1/s1. The van der Waals surface area contributed by atoms with Gasteiger partial charge in [0.2, 0.25) is 0 Å². The molecule has 3 nitrogen and oxygen atoms in total. The maximum absolute atomic E-state index is 10.8. The van der Waals surface area contributed by atoms with E-state index >= 15 is 0 Å². The lowest BCUT2D eigenvalue weighted by atomic mass is 10.00. The van der Waals surface area contributed by atoms with E-state index in [0.717, 1.165) is 37.1 Å². The number of unbranched alkanes of at least 4 members (excludes halogenated alkanes) is 6. The molecule has 1 atom stereocenters. The molecule has 0 unspecified atom stereocenters. The summed E-state index contributed by atoms with van der Waals surface area (Å²) in [6, 6.07) is 8.81. The monoisotopic (exact) mass is 486 g/mol. The van der Waals surface area contributed by atoms with E-state index in [1.54, 1.807) is 0 Å². The zero-order chi connectivity index (χ0) is 23.4. The van der Waals surface area contributed by atoms with Crippen LogP contribution in [0.1, 0.15) is 95.6 Å². The van der Waals surface area contributed by atoms with E-state index in [2.05, 4.69) is 48.1 Å². The lowest BCUT2D eigenvalue weighted by molar-refractivity contribution is 0.147. The van der Waals surface area contributed by atoms with Gasteiger partial charge in [0.25, 0.3) is 0 Å². The molecule has 182 valence electrons. The van der Waals surface area contributed by atoms with Crippen molar-refractivity contribution in [2.75, 3.05) is 11.5 Å². The summed E-state index contributed by atoms with van der Waals surface area (Å²) < 4.78 is -0.0375. The number of hydrogen-bond donors (Lipinski definition) is 1. The van der Waals surface area contributed by atoms with Crippen molar-refractivity contribution in [2.45, 2.75) is 101 Å². The largest absolute Gasteiger partial charge is 0.393 e. The fraction of sp³-hybridized carbons (Fsp3) is 0.643. The molecule has 2 heterocycles. The Hall–Kier alpha value is -1.04. The molecular formula is C28H42N2OS2. The minimum Gasteiger partial charge on any atom is -0.393 e. The molecule has 0 amide bonds. The Balaban J connectivity index is 1.64. The molecule has 1 N–H and O–H groups in total. The van der Waals surface area contributed by atoms with Gasteiger partial charge in [-0.25, -0.2) is 9.97 Å². The lowest BCUT2D eigenvalue weighted by Crippen LogP contribution is -2.28. The van der Waals surface area contributed by atoms with Crippen LogP contribution in [0.5, 0.6) is 0 Å². The smallest absolute Gasteiger partial charge is 0.159 e. The topological polar surface area (TPSA) is 46.0 Å². The van der Waals surface area contributed by atoms with E-state index in [-0.39, 0.29) is 10.2 Å². The number of aliphatic hydroxyl groups excluding tert-OH is 1. The first-order valence-corrected chi connectivity index (χ1v) is 15.0. The highest BCUT2D eigenvalue weighted by molar-refractivity contribution is 8.18. The van der Waals surface area contributed by atoms with Gasteiger partial charge >= 0.3 is 0 Å². The van der Waals surface area contributed by atoms with Crippen molar-refractivity contribution in [3.8, 4) is 11.4 Å². The Labute approximate surface area is 210 Å². The molecule has 0 bridgehead atoms. The Morgan fingerprint density at radius 3 is 2.15 bits per heavy atom. The van der Waals surface area contributed by atoms with Gasteiger partial charge in [-0.05, 0) is 48.3 Å². The average Bonchev–Trinajstić information content (AvgIpc) is 2.86. The highest BCUT2D eigenvalue weighted by Crippen LogP contribution is 2.53. The van der Waals surface area contributed by atoms with Crippen molar-refractivity contribution in [2.24, 2.45) is 0 Å². The first kappa shape index (κ1) is 26.6. The fourth-order valence-corrected chi connectivity index (χ4v) is 7.94. The van der Waals surface area contributed by atoms with E-state index < -0.39 is 0 Å². The summed E-state index contributed by atoms with van der Waals surface area (Å²) in [6.07, 6.45) is 17.8. The minimum atomic E-state index is -0.229. The van der Waals surface area contributed by atoms with Gasteiger partial charge in [-0.1, -0.05) is 83.1 Å². The molecule has 0 saturated carbocycles. The number of nitrogens with zero attached hydrogens (tertiary/aromatic N) is 2. The van der Waals surface area contributed by atoms with Gasteiger partial charge in [-0.2, -0.15) is 0 Å². The molecule has 3 rings (SSSR count). The second kappa shape index (κ2) is 14.4. The first-order valence-electron chi connectivity index (χ1n) is 13.0. The molecule has 1 aromatic carbocycles. The summed E-state index contributed by atoms with van der Waals surface area (Å²) >= 11 is 4.04. The van der Waals surface area contributed by atoms with Crippen molar-refractivity contribution in [1.82, 2.24) is 9.97 Å². The Morgan fingerprint density at radius 2 is 1.52 bits per heavy atom. The summed E-state index contributed by atoms with van der Waals surface area (Å²) in [5.41, 5.74) is 3.62. The highest BCUT2D eigenvalue weighted by Gasteiger charge is 2.37. The van der Waals surface area contributed by atoms with Gasteiger partial charge in [-0.3, -0.25) is 0 Å². The number of rotatable bonds is 14. The molecule has 1 aromatic heterocycles. The SMILES string of the molecule is CCCCCCc1cnc(-c2ccc(C3(C[C@H](O)CCCCCC)SCCCS3)cc2)nc1. The number of aliphatic hydroxyl groups is 1. The zero-order valence-electron chi connectivity index (χ0n) is 20.6. The molecule has 1 fully saturated rings. The maximum Gasteiger partial charge on any atom is 0.159 e. The maximum atomic E-state index is 10.8. The van der Waals surface area contributed by atoms with Crippen LogP contribution >= 0.6 is 23.5 Å². The molecule has 1 aliphatic rings. The van der Waals surface area contributed by atoms with Crippen LogP contribution in [0, 0.1) is 0 Å². The van der Waals surface area contributed by atoms with E-state index in [4.69, 9.17) is 0 Å². The van der Waals surface area contributed by atoms with Crippen LogP contribution in [0.2, 0.25) is 0 Å². The van der Waals surface area contributed by atoms with Crippen LogP contribution in [0.4, 0.5) is 0 Å². The number of benzene rings is 1. The van der Waals surface area contributed by atoms with E-state index in [0.29, 0.717) is 0 Å². The lowest BCUT2D eigenvalue weighted by Gasteiger charge is -2.38. The third-order valence-electron chi connectivity index (χ3n) is 6.46. The molecule has 1 aliphatic heterocycles. The Bertz CT molecular complexity index is 789. The molecular weight excluding hydrogens is 444 g/mol. The van der Waals surface area contributed by atoms with Crippen molar-refractivity contribution in [1.29, 1.82) is 0 Å². The number of aromatic nitrogens is 2. The quantitative estimate of drug-likeness (QED) is 0.274. The van der Waals surface area contributed by atoms with Crippen LogP contribution in [-0.2, 0) is 10.5 Å². The molecule has 0 aliphatic carbocycles. The van der Waals surface area contributed by atoms with Gasteiger partial charge in [0.05, 0.1) is 10.2 Å². The van der Waals surface area contributed by atoms with Crippen LogP contribution < -0.4 is 0 Å². The van der Waals surface area contributed by atoms with Gasteiger partial charge in [-0.15, -0.1) is 23.5 Å². The summed E-state index contributed by atoms with van der Waals surface area (Å²) in [6.45, 7) is 4.48. The fourth-order valence-electron chi connectivity index (χ4n) is 4.46. The normalized spacial score (nSPS) is 16.6. The summed E-state index contributed by atoms with van der Waals surface area (Å²) in [4.78, 5) is 9.29. The van der Waals surface area contributed by atoms with Gasteiger partial charge in [0.15, 0.2) is 5.82 Å². The van der Waals surface area contributed by atoms with Gasteiger partial charge < -0.3 is 5.11 Å². The molecule has 0 radical (unpaired) electrons. The zero-order valence-corrected chi connectivity index (χ0v) is 22.2. The molecule has 33 heavy (non-hydrogen) atoms. The third kappa shape index (κ3) is 8.29. The van der Waals surface area contributed by atoms with E-state index in [1.165, 1.54) is 74.0 Å². The predicted octanol–water partition coefficient (Wildman–Crippen LogP) is 8.01. The summed E-state index contributed by atoms with van der Waals surface area (Å²) in [5.74, 6) is 3.13. The van der Waals surface area contributed by atoms with Crippen molar-refractivity contribution in [3.63, 3.8) is 0 Å². The Morgan fingerprint density at radius 1 is 0.879 bits per heavy atom. The summed E-state index contributed by atoms with van der Waals surface area (Å²) in [7, 11) is 0. The number of thioether (sulfide) groups is 2. The second-order valence-corrected chi connectivity index (χ2v) is 12.4. The van der Waals surface area contributed by atoms with Crippen LogP contribution in [0.3, 0.4) is 0 Å². The minimum absolute atomic E-state index is 0.0375. The number of aryl methyl sites for hydroxylation is 1. The van der Waals surface area contributed by atoms with E-state index in [9.17, 15) is 5.11 Å². The molecule has 1 saturated heterocycles. The van der Waals surface area contributed by atoms with Crippen LogP contribution in [-0.4, -0.2) is 32.7 Å². The Kier molecular flexibility index (Phi) is 11.6. The van der Waals surface area contributed by atoms with Gasteiger partial charge in [0.1, 0.15) is 0 Å². The molecule has 0 spiro atoms. The highest BCUT2D eigenvalue weighted by atomic mass is 32.2. The first-order chi connectivity index (χ1) is 16.2. The molecule has 5 heteroatoms.